The molecule has 4 heteroatoms. The lowest BCUT2D eigenvalue weighted by molar-refractivity contribution is 0.166. The summed E-state index contributed by atoms with van der Waals surface area (Å²) >= 11 is 0. The molecule has 2 heterocycles. The highest BCUT2D eigenvalue weighted by Crippen LogP contribution is 2.63. The lowest BCUT2D eigenvalue weighted by atomic mass is 9.57. The van der Waals surface area contributed by atoms with E-state index in [0.29, 0.717) is 23.5 Å². The van der Waals surface area contributed by atoms with Gasteiger partial charge in [-0.15, -0.1) is 0 Å². The number of aromatic nitrogens is 3. The zero-order valence-corrected chi connectivity index (χ0v) is 34.8. The summed E-state index contributed by atoms with van der Waals surface area (Å²) in [7, 11) is 0. The monoisotopic (exact) mass is 799 g/mol. The van der Waals surface area contributed by atoms with Gasteiger partial charge in [-0.25, -0.2) is 15.0 Å². The van der Waals surface area contributed by atoms with Gasteiger partial charge in [0, 0.05) is 27.3 Å². The minimum atomic E-state index is -0.788. The van der Waals surface area contributed by atoms with Crippen LogP contribution in [0.15, 0.2) is 162 Å². The highest BCUT2D eigenvalue weighted by molar-refractivity contribution is 6.05. The normalized spacial score (nSPS) is 24.9. The first-order valence-corrected chi connectivity index (χ1v) is 22.7. The number of rotatable bonds is 4. The van der Waals surface area contributed by atoms with Crippen LogP contribution in [-0.4, -0.2) is 15.0 Å². The second-order valence-electron chi connectivity index (χ2n) is 19.4. The van der Waals surface area contributed by atoms with Crippen molar-refractivity contribution in [2.45, 2.75) is 68.1 Å². The number of benzene rings is 7. The van der Waals surface area contributed by atoms with Gasteiger partial charge < -0.3 is 4.42 Å². The zero-order chi connectivity index (χ0) is 40.7. The summed E-state index contributed by atoms with van der Waals surface area (Å²) in [5, 5.41) is 2.20. The molecular weight excluding hydrogens is 755 g/mol. The molecule has 0 aliphatic heterocycles. The molecule has 0 spiro atoms. The van der Waals surface area contributed by atoms with Crippen molar-refractivity contribution in [3.8, 4) is 33.9 Å². The van der Waals surface area contributed by atoms with Crippen LogP contribution in [0, 0.1) is 11.8 Å². The van der Waals surface area contributed by atoms with Gasteiger partial charge in [0.05, 0.1) is 0 Å². The van der Waals surface area contributed by atoms with Crippen LogP contribution in [-0.2, 0) is 17.3 Å². The molecule has 7 aliphatic rings. The van der Waals surface area contributed by atoms with Gasteiger partial charge in [-0.3, -0.25) is 0 Å². The van der Waals surface area contributed by atoms with E-state index in [-0.39, 0.29) is 5.41 Å². The maximum absolute atomic E-state index is 6.49. The van der Waals surface area contributed by atoms with Crippen molar-refractivity contribution >= 4 is 21.9 Å². The van der Waals surface area contributed by atoms with Gasteiger partial charge in [0.15, 0.2) is 17.5 Å². The molecule has 7 aromatic carbocycles. The van der Waals surface area contributed by atoms with Gasteiger partial charge in [-0.2, -0.15) is 0 Å². The lowest BCUT2D eigenvalue weighted by Gasteiger charge is -2.45. The zero-order valence-electron chi connectivity index (χ0n) is 34.8. The minimum Gasteiger partial charge on any atom is -0.456 e. The topological polar surface area (TPSA) is 51.8 Å². The molecule has 298 valence electrons. The van der Waals surface area contributed by atoms with Gasteiger partial charge in [0.1, 0.15) is 16.6 Å². The maximum atomic E-state index is 6.49. The SMILES string of the molecule is CC12Cc3cc4c(cc3C(c3nc(-c5cccc(-c6ccccc6)c5)nc(-c5ccc6c(c5)oc5ccccc56)n3)(c3ccccc31)c1ccccc12)C1CC2CC(CC4C2)C1. The van der Waals surface area contributed by atoms with E-state index < -0.39 is 5.41 Å². The molecule has 0 radical (unpaired) electrons. The quantitative estimate of drug-likeness (QED) is 0.178. The standard InChI is InChI=1S/C58H45N3O/c1-57-33-42-30-45-40-25-34-24-35(26-40)28-41(27-34)46(45)32-51(42)58(49-19-8-6-17-47(49)57,50-20-9-7-18-48(50)57)56-60-54(38-15-11-14-37(29-38)36-12-3-2-4-13-36)59-55(61-56)39-22-23-44-43-16-5-10-21-52(43)62-53(44)31-39/h2-23,29-32,34-35,40-41H,24-28,33H2,1H3. The van der Waals surface area contributed by atoms with Crippen molar-refractivity contribution in [1.82, 2.24) is 15.0 Å². The fourth-order valence-corrected chi connectivity index (χ4v) is 13.5. The summed E-state index contributed by atoms with van der Waals surface area (Å²) in [5.74, 6) is 5.04. The van der Waals surface area contributed by atoms with E-state index in [1.165, 1.54) is 65.5 Å². The number of fused-ring (bicyclic) bond motifs is 3. The number of nitrogens with zero attached hydrogens (tertiary/aromatic N) is 3. The van der Waals surface area contributed by atoms with Crippen molar-refractivity contribution < 1.29 is 4.42 Å². The first-order valence-electron chi connectivity index (χ1n) is 22.7. The van der Waals surface area contributed by atoms with E-state index in [2.05, 4.69) is 153 Å². The van der Waals surface area contributed by atoms with Crippen LogP contribution in [0.25, 0.3) is 55.8 Å². The van der Waals surface area contributed by atoms with E-state index in [4.69, 9.17) is 19.4 Å². The molecule has 16 rings (SSSR count). The predicted molar refractivity (Wildman–Crippen MR) is 247 cm³/mol. The van der Waals surface area contributed by atoms with Crippen LogP contribution in [0.5, 0.6) is 0 Å². The minimum absolute atomic E-state index is 0.229. The molecule has 62 heavy (non-hydrogen) atoms. The Labute approximate surface area is 361 Å². The van der Waals surface area contributed by atoms with E-state index in [9.17, 15) is 0 Å². The van der Waals surface area contributed by atoms with Crippen LogP contribution in [0.2, 0.25) is 0 Å². The maximum Gasteiger partial charge on any atom is 0.163 e. The Morgan fingerprint density at radius 3 is 1.76 bits per heavy atom. The fraction of sp³-hybridized carbons (Fsp3) is 0.224. The van der Waals surface area contributed by atoms with Crippen LogP contribution in [0.1, 0.15) is 101 Å². The molecule has 4 nitrogen and oxygen atoms in total. The third-order valence-corrected chi connectivity index (χ3v) is 16.0. The molecule has 9 aromatic rings. The van der Waals surface area contributed by atoms with Gasteiger partial charge in [-0.05, 0) is 142 Å². The lowest BCUT2D eigenvalue weighted by Crippen LogP contribution is -2.42. The van der Waals surface area contributed by atoms with Crippen LogP contribution >= 0.6 is 0 Å². The summed E-state index contributed by atoms with van der Waals surface area (Å²) in [4.78, 5) is 17.0. The third kappa shape index (κ3) is 4.81. The van der Waals surface area contributed by atoms with Crippen LogP contribution in [0.3, 0.4) is 0 Å². The summed E-state index contributed by atoms with van der Waals surface area (Å²) in [6.45, 7) is 2.49. The molecule has 6 bridgehead atoms. The average Bonchev–Trinajstić information content (AvgIpc) is 3.51. The fourth-order valence-electron chi connectivity index (χ4n) is 13.5. The summed E-state index contributed by atoms with van der Waals surface area (Å²) in [6, 6.07) is 57.9. The van der Waals surface area contributed by atoms with Gasteiger partial charge >= 0.3 is 0 Å². The highest BCUT2D eigenvalue weighted by Gasteiger charge is 2.57. The Kier molecular flexibility index (Phi) is 7.17. The van der Waals surface area contributed by atoms with Gasteiger partial charge in [0.2, 0.25) is 0 Å². The van der Waals surface area contributed by atoms with Crippen molar-refractivity contribution in [3.63, 3.8) is 0 Å². The second kappa shape index (κ2) is 12.7. The first kappa shape index (κ1) is 35.0. The number of para-hydroxylation sites is 1. The Morgan fingerprint density at radius 1 is 0.452 bits per heavy atom. The smallest absolute Gasteiger partial charge is 0.163 e. The van der Waals surface area contributed by atoms with Crippen molar-refractivity contribution in [1.29, 1.82) is 0 Å². The van der Waals surface area contributed by atoms with Crippen LogP contribution in [0.4, 0.5) is 0 Å². The molecule has 2 unspecified atom stereocenters. The second-order valence-corrected chi connectivity index (χ2v) is 19.4. The molecule has 0 N–H and O–H groups in total. The van der Waals surface area contributed by atoms with Gasteiger partial charge in [-0.1, -0.05) is 140 Å². The molecule has 2 atom stereocenters. The highest BCUT2D eigenvalue weighted by atomic mass is 16.3. The third-order valence-electron chi connectivity index (χ3n) is 16.0. The number of hydrogen-bond donors (Lipinski definition) is 0. The van der Waals surface area contributed by atoms with Crippen molar-refractivity contribution in [3.05, 3.63) is 208 Å². The molecule has 2 aromatic heterocycles. The van der Waals surface area contributed by atoms with Crippen molar-refractivity contribution in [2.24, 2.45) is 11.8 Å². The van der Waals surface area contributed by atoms with E-state index in [1.54, 1.807) is 11.1 Å². The van der Waals surface area contributed by atoms with E-state index in [1.807, 2.05) is 12.1 Å². The Bertz CT molecular complexity index is 3260. The Hall–Kier alpha value is -6.65. The molecule has 0 amide bonds. The first-order chi connectivity index (χ1) is 30.5. The Morgan fingerprint density at radius 2 is 1.03 bits per heavy atom. The number of furan rings is 1. The molecule has 2 fully saturated rings. The van der Waals surface area contributed by atoms with Crippen LogP contribution < -0.4 is 0 Å². The summed E-state index contributed by atoms with van der Waals surface area (Å²) in [6.07, 6.45) is 7.68. The van der Waals surface area contributed by atoms with Gasteiger partial charge in [0.25, 0.3) is 0 Å². The van der Waals surface area contributed by atoms with E-state index in [0.717, 1.165) is 68.3 Å². The summed E-state index contributed by atoms with van der Waals surface area (Å²) < 4.78 is 6.49. The molecule has 7 aliphatic carbocycles. The Balaban J connectivity index is 1.09. The predicted octanol–water partition coefficient (Wildman–Crippen LogP) is 13.7. The number of hydrogen-bond acceptors (Lipinski definition) is 4. The molecular formula is C58H45N3O. The van der Waals surface area contributed by atoms with E-state index >= 15 is 0 Å². The average molecular weight is 800 g/mol. The molecule has 0 saturated heterocycles. The largest absolute Gasteiger partial charge is 0.456 e. The summed E-state index contributed by atoms with van der Waals surface area (Å²) in [5.41, 5.74) is 16.2. The molecule has 2 saturated carbocycles. The van der Waals surface area contributed by atoms with Crippen molar-refractivity contribution in [2.75, 3.05) is 0 Å².